The monoisotopic (exact) mass is 250 g/mol. The molecule has 2 N–H and O–H groups in total. The number of methoxy groups -OCH3 is 1. The molecule has 0 aromatic heterocycles. The molecule has 2 atom stereocenters. The summed E-state index contributed by atoms with van der Waals surface area (Å²) in [5.41, 5.74) is 2.04. The zero-order chi connectivity index (χ0) is 12.8. The van der Waals surface area contributed by atoms with Gasteiger partial charge in [0.2, 0.25) is 0 Å². The van der Waals surface area contributed by atoms with E-state index in [4.69, 9.17) is 4.74 Å². The van der Waals surface area contributed by atoms with Crippen molar-refractivity contribution in [2.75, 3.05) is 24.3 Å². The Bertz CT molecular complexity index is 477. The summed E-state index contributed by atoms with van der Waals surface area (Å²) in [6, 6.07) is 3.73. The largest absolute Gasteiger partial charge is 0.494 e. The molecule has 1 heterocycles. The van der Waals surface area contributed by atoms with Gasteiger partial charge in [0.25, 0.3) is 0 Å². The Morgan fingerprint density at radius 1 is 1.39 bits per heavy atom. The van der Waals surface area contributed by atoms with E-state index in [1.54, 1.807) is 6.07 Å². The second kappa shape index (κ2) is 4.04. The molecular formula is C14H19FN2O. The zero-order valence-corrected chi connectivity index (χ0v) is 10.8. The molecule has 0 amide bonds. The topological polar surface area (TPSA) is 33.3 Å². The van der Waals surface area contributed by atoms with Crippen LogP contribution in [0.4, 0.5) is 15.8 Å². The lowest BCUT2D eigenvalue weighted by Gasteiger charge is -2.29. The zero-order valence-electron chi connectivity index (χ0n) is 10.8. The van der Waals surface area contributed by atoms with Gasteiger partial charge in [0.1, 0.15) is 0 Å². The van der Waals surface area contributed by atoms with Gasteiger partial charge in [-0.15, -0.1) is 0 Å². The number of halogens is 1. The molecule has 0 saturated heterocycles. The number of nitrogens with one attached hydrogen (secondary N) is 2. The number of hydrogen-bond donors (Lipinski definition) is 2. The fraction of sp³-hybridized carbons (Fsp3) is 0.571. The van der Waals surface area contributed by atoms with E-state index in [-0.39, 0.29) is 11.2 Å². The lowest BCUT2D eigenvalue weighted by atomic mass is 9.85. The van der Waals surface area contributed by atoms with Gasteiger partial charge in [0.15, 0.2) is 11.6 Å². The van der Waals surface area contributed by atoms with Crippen LogP contribution < -0.4 is 15.4 Å². The summed E-state index contributed by atoms with van der Waals surface area (Å²) in [5.74, 6) is -0.0209. The highest BCUT2D eigenvalue weighted by Crippen LogP contribution is 2.44. The minimum Gasteiger partial charge on any atom is -0.494 e. The quantitative estimate of drug-likeness (QED) is 0.802. The van der Waals surface area contributed by atoms with Crippen molar-refractivity contribution in [2.45, 2.75) is 32.2 Å². The highest BCUT2D eigenvalue weighted by atomic mass is 19.1. The van der Waals surface area contributed by atoms with E-state index in [1.807, 2.05) is 0 Å². The number of hydrogen-bond acceptors (Lipinski definition) is 3. The van der Waals surface area contributed by atoms with Gasteiger partial charge in [-0.1, -0.05) is 13.3 Å². The van der Waals surface area contributed by atoms with Gasteiger partial charge in [-0.25, -0.2) is 4.39 Å². The Labute approximate surface area is 107 Å². The average Bonchev–Trinajstić information content (AvgIpc) is 2.65. The van der Waals surface area contributed by atoms with Gasteiger partial charge in [0.05, 0.1) is 18.5 Å². The van der Waals surface area contributed by atoms with E-state index in [0.717, 1.165) is 17.9 Å². The number of fused-ring (bicyclic) bond motifs is 2. The van der Waals surface area contributed by atoms with Gasteiger partial charge in [-0.3, -0.25) is 0 Å². The first-order valence-corrected chi connectivity index (χ1v) is 6.50. The van der Waals surface area contributed by atoms with Crippen LogP contribution in [0.15, 0.2) is 12.1 Å². The highest BCUT2D eigenvalue weighted by molar-refractivity contribution is 5.72. The summed E-state index contributed by atoms with van der Waals surface area (Å²) in [7, 11) is 1.49. The third-order valence-electron chi connectivity index (χ3n) is 4.39. The first kappa shape index (κ1) is 11.6. The van der Waals surface area contributed by atoms with Crippen molar-refractivity contribution in [1.82, 2.24) is 0 Å². The molecule has 1 aliphatic heterocycles. The number of rotatable bonds is 1. The van der Waals surface area contributed by atoms with Gasteiger partial charge in [0, 0.05) is 30.1 Å². The van der Waals surface area contributed by atoms with Crippen molar-refractivity contribution in [1.29, 1.82) is 0 Å². The standard InChI is InChI=1S/C14H19FN2O/c1-14-5-3-4-13(14)17-11-7-12(18-2)9(15)6-10(11)16-8-14/h6-7,13,16-17H,3-5,8H2,1-2H3. The molecule has 4 heteroatoms. The highest BCUT2D eigenvalue weighted by Gasteiger charge is 2.40. The predicted octanol–water partition coefficient (Wildman–Crippen LogP) is 3.23. The fourth-order valence-electron chi connectivity index (χ4n) is 3.15. The van der Waals surface area contributed by atoms with Gasteiger partial charge < -0.3 is 15.4 Å². The van der Waals surface area contributed by atoms with Crippen molar-refractivity contribution in [3.8, 4) is 5.75 Å². The summed E-state index contributed by atoms with van der Waals surface area (Å²) in [5, 5.41) is 6.93. The van der Waals surface area contributed by atoms with Crippen molar-refractivity contribution >= 4 is 11.4 Å². The molecule has 0 spiro atoms. The molecule has 0 radical (unpaired) electrons. The van der Waals surface area contributed by atoms with Gasteiger partial charge >= 0.3 is 0 Å². The molecule has 1 fully saturated rings. The van der Waals surface area contributed by atoms with Crippen LogP contribution in [0.2, 0.25) is 0 Å². The Balaban J connectivity index is 1.99. The third kappa shape index (κ3) is 1.71. The lowest BCUT2D eigenvalue weighted by molar-refractivity contribution is 0.335. The van der Waals surface area contributed by atoms with Crippen LogP contribution in [0.25, 0.3) is 0 Å². The molecule has 0 bridgehead atoms. The third-order valence-corrected chi connectivity index (χ3v) is 4.39. The Kier molecular flexibility index (Phi) is 2.61. The summed E-state index contributed by atoms with van der Waals surface area (Å²) in [6.07, 6.45) is 3.64. The van der Waals surface area contributed by atoms with Crippen LogP contribution in [0.1, 0.15) is 26.2 Å². The first-order valence-electron chi connectivity index (χ1n) is 6.50. The van der Waals surface area contributed by atoms with Gasteiger partial charge in [-0.2, -0.15) is 0 Å². The maximum absolute atomic E-state index is 13.7. The van der Waals surface area contributed by atoms with E-state index < -0.39 is 0 Å². The van der Waals surface area contributed by atoms with E-state index in [1.165, 1.54) is 32.4 Å². The Morgan fingerprint density at radius 3 is 3.00 bits per heavy atom. The number of ether oxygens (including phenoxy) is 1. The maximum Gasteiger partial charge on any atom is 0.167 e. The predicted molar refractivity (Wildman–Crippen MR) is 70.8 cm³/mol. The Hall–Kier alpha value is -1.45. The van der Waals surface area contributed by atoms with Crippen molar-refractivity contribution in [3.05, 3.63) is 17.9 Å². The van der Waals surface area contributed by atoms with E-state index in [2.05, 4.69) is 17.6 Å². The summed E-state index contributed by atoms with van der Waals surface area (Å²) in [4.78, 5) is 0. The minimum atomic E-state index is -0.317. The molecule has 1 saturated carbocycles. The average molecular weight is 250 g/mol. The normalized spacial score (nSPS) is 29.6. The van der Waals surface area contributed by atoms with Gasteiger partial charge in [-0.05, 0) is 12.8 Å². The molecule has 2 unspecified atom stereocenters. The molecule has 3 nitrogen and oxygen atoms in total. The number of anilines is 2. The SMILES string of the molecule is COc1cc2c(cc1F)NCC1(C)CCCC1N2. The molecule has 1 aromatic carbocycles. The van der Waals surface area contributed by atoms with E-state index in [9.17, 15) is 4.39 Å². The second-order valence-electron chi connectivity index (χ2n) is 5.63. The molecule has 2 aliphatic rings. The fourth-order valence-corrected chi connectivity index (χ4v) is 3.15. The molecule has 98 valence electrons. The molecular weight excluding hydrogens is 231 g/mol. The summed E-state index contributed by atoms with van der Waals surface area (Å²) < 4.78 is 18.7. The van der Waals surface area contributed by atoms with Crippen molar-refractivity contribution < 1.29 is 9.13 Å². The van der Waals surface area contributed by atoms with Crippen LogP contribution in [-0.4, -0.2) is 19.7 Å². The number of benzene rings is 1. The van der Waals surface area contributed by atoms with Crippen LogP contribution in [-0.2, 0) is 0 Å². The second-order valence-corrected chi connectivity index (χ2v) is 5.63. The maximum atomic E-state index is 13.7. The van der Waals surface area contributed by atoms with Crippen LogP contribution in [0.3, 0.4) is 0 Å². The van der Waals surface area contributed by atoms with E-state index in [0.29, 0.717) is 11.8 Å². The lowest BCUT2D eigenvalue weighted by Crippen LogP contribution is -2.36. The first-order chi connectivity index (χ1) is 8.62. The van der Waals surface area contributed by atoms with Crippen LogP contribution in [0, 0.1) is 11.2 Å². The van der Waals surface area contributed by atoms with E-state index >= 15 is 0 Å². The summed E-state index contributed by atoms with van der Waals surface area (Å²) in [6.45, 7) is 3.19. The Morgan fingerprint density at radius 2 is 2.22 bits per heavy atom. The van der Waals surface area contributed by atoms with Crippen LogP contribution in [0.5, 0.6) is 5.75 Å². The minimum absolute atomic E-state index is 0.253. The molecule has 1 aliphatic carbocycles. The molecule has 1 aromatic rings. The smallest absolute Gasteiger partial charge is 0.167 e. The molecule has 18 heavy (non-hydrogen) atoms. The van der Waals surface area contributed by atoms with Crippen LogP contribution >= 0.6 is 0 Å². The summed E-state index contributed by atoms with van der Waals surface area (Å²) >= 11 is 0. The van der Waals surface area contributed by atoms with Crippen molar-refractivity contribution in [3.63, 3.8) is 0 Å². The van der Waals surface area contributed by atoms with Crippen molar-refractivity contribution in [2.24, 2.45) is 5.41 Å². The molecule has 3 rings (SSSR count).